The maximum Gasteiger partial charge on any atom is 0.311 e. The van der Waals surface area contributed by atoms with E-state index >= 15 is 0 Å². The molecule has 6 heteroatoms. The minimum absolute atomic E-state index is 0.227. The molecule has 82 valence electrons. The summed E-state index contributed by atoms with van der Waals surface area (Å²) in [4.78, 5) is 30.4. The second-order valence-corrected chi connectivity index (χ2v) is 1.93. The van der Waals surface area contributed by atoms with Crippen LogP contribution >= 0.6 is 0 Å². The van der Waals surface area contributed by atoms with Crippen molar-refractivity contribution >= 4 is 11.8 Å². The van der Waals surface area contributed by atoms with E-state index in [1.165, 1.54) is 0 Å². The number of likely N-dealkylation sites (N-methyl/N-ethyl adjacent to an activating group) is 1. The molecule has 0 spiro atoms. The van der Waals surface area contributed by atoms with Gasteiger partial charge in [-0.2, -0.15) is 0 Å². The summed E-state index contributed by atoms with van der Waals surface area (Å²) in [5, 5.41) is 4.54. The number of carbonyl (C=O) groups is 2. The van der Waals surface area contributed by atoms with Gasteiger partial charge in [0.1, 0.15) is 13.2 Å². The number of amides is 2. The lowest BCUT2D eigenvalue weighted by Crippen LogP contribution is -2.27. The third-order valence-corrected chi connectivity index (χ3v) is 0.934. The Kier molecular flexibility index (Phi) is 12.7. The third-order valence-electron chi connectivity index (χ3n) is 0.934. The van der Waals surface area contributed by atoms with Crippen LogP contribution in [-0.2, 0) is 14.3 Å². The lowest BCUT2D eigenvalue weighted by atomic mass is 10.6. The van der Waals surface area contributed by atoms with Crippen LogP contribution in [0.4, 0.5) is 0 Å². The zero-order chi connectivity index (χ0) is 11.4. The first-order valence-corrected chi connectivity index (χ1v) is 4.41. The summed E-state index contributed by atoms with van der Waals surface area (Å²) in [7, 11) is 0. The predicted molar refractivity (Wildman–Crippen MR) is 51.7 cm³/mol. The molecule has 0 heterocycles. The van der Waals surface area contributed by atoms with E-state index in [1.54, 1.807) is 6.92 Å². The molecule has 0 aromatic carbocycles. The summed E-state index contributed by atoms with van der Waals surface area (Å²) >= 11 is 0. The molecule has 0 radical (unpaired) electrons. The van der Waals surface area contributed by atoms with Gasteiger partial charge < -0.3 is 10.1 Å². The van der Waals surface area contributed by atoms with Crippen molar-refractivity contribution in [3.63, 3.8) is 0 Å². The van der Waals surface area contributed by atoms with E-state index in [9.17, 15) is 14.5 Å². The van der Waals surface area contributed by atoms with E-state index in [0.29, 0.717) is 6.54 Å². The van der Waals surface area contributed by atoms with Crippen LogP contribution in [0.5, 0.6) is 0 Å². The highest BCUT2D eigenvalue weighted by atomic mass is 16.5. The lowest BCUT2D eigenvalue weighted by Gasteiger charge is -2.00. The SMILES string of the molecule is CC.CCNC(=O)COCC(=O)N=O. The fraction of sp³-hybridized carbons (Fsp3) is 0.750. The fourth-order valence-corrected chi connectivity index (χ4v) is 0.506. The highest BCUT2D eigenvalue weighted by Gasteiger charge is 2.03. The van der Waals surface area contributed by atoms with E-state index in [4.69, 9.17) is 0 Å². The highest BCUT2D eigenvalue weighted by Crippen LogP contribution is 1.78. The van der Waals surface area contributed by atoms with Crippen molar-refractivity contribution in [2.75, 3.05) is 19.8 Å². The Balaban J connectivity index is 0. The maximum absolute atomic E-state index is 10.7. The van der Waals surface area contributed by atoms with Crippen molar-refractivity contribution in [1.29, 1.82) is 0 Å². The van der Waals surface area contributed by atoms with Crippen molar-refractivity contribution in [2.45, 2.75) is 20.8 Å². The van der Waals surface area contributed by atoms with Gasteiger partial charge in [-0.15, -0.1) is 4.91 Å². The summed E-state index contributed by atoms with van der Waals surface area (Å²) in [5.74, 6) is -1.24. The Bertz CT molecular complexity index is 182. The molecule has 0 aliphatic rings. The van der Waals surface area contributed by atoms with Crippen LogP contribution in [0.25, 0.3) is 0 Å². The van der Waals surface area contributed by atoms with Crippen molar-refractivity contribution < 1.29 is 14.3 Å². The van der Waals surface area contributed by atoms with Crippen molar-refractivity contribution in [2.24, 2.45) is 5.18 Å². The molecule has 0 saturated heterocycles. The fourth-order valence-electron chi connectivity index (χ4n) is 0.506. The Labute approximate surface area is 83.0 Å². The lowest BCUT2D eigenvalue weighted by molar-refractivity contribution is -0.129. The van der Waals surface area contributed by atoms with Gasteiger partial charge in [0.25, 0.3) is 0 Å². The first-order valence-electron chi connectivity index (χ1n) is 4.41. The van der Waals surface area contributed by atoms with Crippen LogP contribution in [0.15, 0.2) is 5.18 Å². The number of carbonyl (C=O) groups excluding carboxylic acids is 2. The number of hydrogen-bond donors (Lipinski definition) is 1. The molecule has 0 saturated carbocycles. The topological polar surface area (TPSA) is 84.8 Å². The summed E-state index contributed by atoms with van der Waals surface area (Å²) < 4.78 is 4.55. The number of ether oxygens (including phenoxy) is 1. The van der Waals surface area contributed by atoms with E-state index in [0.717, 1.165) is 0 Å². The van der Waals surface area contributed by atoms with Gasteiger partial charge in [-0.05, 0) is 6.92 Å². The molecule has 1 N–H and O–H groups in total. The average molecular weight is 204 g/mol. The number of nitrogens with zero attached hydrogens (tertiary/aromatic N) is 1. The quantitative estimate of drug-likeness (QED) is 0.659. The van der Waals surface area contributed by atoms with Gasteiger partial charge in [0.05, 0.1) is 0 Å². The third kappa shape index (κ3) is 10.7. The molecule has 0 atom stereocenters. The minimum atomic E-state index is -0.917. The summed E-state index contributed by atoms with van der Waals surface area (Å²) in [6.45, 7) is 5.59. The zero-order valence-electron chi connectivity index (χ0n) is 8.70. The normalized spacial score (nSPS) is 8.21. The second-order valence-electron chi connectivity index (χ2n) is 1.93. The predicted octanol–water partition coefficient (Wildman–Crippen LogP) is 0.458. The molecule has 0 rings (SSSR count). The van der Waals surface area contributed by atoms with Crippen molar-refractivity contribution in [3.05, 3.63) is 4.91 Å². The maximum atomic E-state index is 10.7. The Morgan fingerprint density at radius 3 is 2.29 bits per heavy atom. The number of nitrogens with one attached hydrogen (secondary N) is 1. The Morgan fingerprint density at radius 1 is 1.29 bits per heavy atom. The van der Waals surface area contributed by atoms with Gasteiger partial charge in [-0.3, -0.25) is 9.59 Å². The molecule has 0 fully saturated rings. The van der Waals surface area contributed by atoms with Gasteiger partial charge in [0.2, 0.25) is 5.91 Å². The number of rotatable bonds is 5. The molecule has 2 amide bonds. The molecular formula is C8H16N2O4. The van der Waals surface area contributed by atoms with E-state index in [2.05, 4.69) is 15.2 Å². The molecule has 0 aliphatic heterocycles. The first-order chi connectivity index (χ1) is 6.70. The van der Waals surface area contributed by atoms with Crippen LogP contribution < -0.4 is 5.32 Å². The minimum Gasteiger partial charge on any atom is -0.362 e. The molecule has 6 nitrogen and oxygen atoms in total. The summed E-state index contributed by atoms with van der Waals surface area (Å²) in [5.41, 5.74) is 0. The first kappa shape index (κ1) is 15.2. The van der Waals surface area contributed by atoms with Crippen molar-refractivity contribution in [1.82, 2.24) is 5.32 Å². The molecule has 0 aliphatic carbocycles. The Hall–Kier alpha value is -1.30. The zero-order valence-corrected chi connectivity index (χ0v) is 8.70. The molecule has 14 heavy (non-hydrogen) atoms. The number of nitroso groups, excluding NO2 is 1. The largest absolute Gasteiger partial charge is 0.362 e. The molecule has 0 bridgehead atoms. The van der Waals surface area contributed by atoms with Gasteiger partial charge in [-0.25, -0.2) is 0 Å². The average Bonchev–Trinajstić information content (AvgIpc) is 2.21. The highest BCUT2D eigenvalue weighted by molar-refractivity contribution is 5.79. The molecule has 0 aromatic rings. The van der Waals surface area contributed by atoms with Gasteiger partial charge in [-0.1, -0.05) is 13.8 Å². The molecule has 0 aromatic heterocycles. The van der Waals surface area contributed by atoms with Crippen molar-refractivity contribution in [3.8, 4) is 0 Å². The van der Waals surface area contributed by atoms with Gasteiger partial charge in [0.15, 0.2) is 0 Å². The van der Waals surface area contributed by atoms with Crippen LogP contribution in [0.2, 0.25) is 0 Å². The number of hydrogen-bond acceptors (Lipinski definition) is 4. The smallest absolute Gasteiger partial charge is 0.311 e. The van der Waals surface area contributed by atoms with Crippen LogP contribution in [0, 0.1) is 4.91 Å². The van der Waals surface area contributed by atoms with E-state index < -0.39 is 12.5 Å². The summed E-state index contributed by atoms with van der Waals surface area (Å²) in [6.07, 6.45) is 0. The van der Waals surface area contributed by atoms with Crippen LogP contribution in [0.1, 0.15) is 20.8 Å². The molecular weight excluding hydrogens is 188 g/mol. The van der Waals surface area contributed by atoms with E-state index in [1.807, 2.05) is 13.8 Å². The standard InChI is InChI=1S/C6H10N2O4.C2H6/c1-2-7-5(9)3-12-4-6(10)8-11;1-2/h2-4H2,1H3,(H,7,9);1-2H3. The summed E-state index contributed by atoms with van der Waals surface area (Å²) in [6, 6.07) is 0. The van der Waals surface area contributed by atoms with Crippen LogP contribution in [-0.4, -0.2) is 31.6 Å². The molecule has 0 unspecified atom stereocenters. The van der Waals surface area contributed by atoms with E-state index in [-0.39, 0.29) is 12.5 Å². The van der Waals surface area contributed by atoms with Crippen LogP contribution in [0.3, 0.4) is 0 Å². The van der Waals surface area contributed by atoms with Gasteiger partial charge in [0, 0.05) is 11.7 Å². The Morgan fingerprint density at radius 2 is 1.86 bits per heavy atom. The monoisotopic (exact) mass is 204 g/mol. The second kappa shape index (κ2) is 11.7. The van der Waals surface area contributed by atoms with Gasteiger partial charge >= 0.3 is 5.91 Å².